The molecule has 8 heterocycles. The summed E-state index contributed by atoms with van der Waals surface area (Å²) in [5.74, 6) is -4.99. The summed E-state index contributed by atoms with van der Waals surface area (Å²) in [6.45, 7) is 3.80. The standard InChI is InChI=1S/C51H76N4O17/c1-27(2)60-47(59)43-39-35(68-51(72-39)21-13-6-14-22-51)31(64-43)26-55-46(58)42-38-34(67-50(71-38)19-11-5-12-20-50)30(63-42)25-54-45(57)41-37-33(66-49(70-37)17-9-4-10-18-49)29(62-41)24-53-44(56)40-36-32(28(23-52)61-40)65-48(69-36)15-7-3-8-16-48/h27-43H,3-26,52H2,1-2H3,(H,53,56)(H,54,57)(H,55,58)/t28-,29-,30-,31-,32-,33-,34-,35-,36?,37?,38?,39?,40-,41-,42-,43-/m1/s1. The molecule has 4 spiro atoms. The Labute approximate surface area is 420 Å². The van der Waals surface area contributed by atoms with Crippen LogP contribution in [0, 0.1) is 0 Å². The van der Waals surface area contributed by atoms with Crippen LogP contribution in [0.1, 0.15) is 142 Å². The molecule has 21 nitrogen and oxygen atoms in total. The van der Waals surface area contributed by atoms with Crippen molar-refractivity contribution in [3.8, 4) is 0 Å². The minimum Gasteiger partial charge on any atom is -0.461 e. The van der Waals surface area contributed by atoms with E-state index in [9.17, 15) is 19.2 Å². The van der Waals surface area contributed by atoms with Crippen LogP contribution in [0.4, 0.5) is 0 Å². The Morgan fingerprint density at radius 1 is 0.417 bits per heavy atom. The smallest absolute Gasteiger partial charge is 0.338 e. The molecule has 21 heteroatoms. The van der Waals surface area contributed by atoms with Crippen LogP contribution in [0.15, 0.2) is 0 Å². The summed E-state index contributed by atoms with van der Waals surface area (Å²) in [4.78, 5) is 56.0. The highest BCUT2D eigenvalue weighted by molar-refractivity contribution is 5.84. The molecule has 16 atom stereocenters. The molecule has 0 aromatic heterocycles. The fraction of sp³-hybridized carbons (Fsp3) is 0.922. The lowest BCUT2D eigenvalue weighted by molar-refractivity contribution is -0.226. The third-order valence-corrected chi connectivity index (χ3v) is 17.5. The SMILES string of the molecule is CC(C)OC(=O)[C@@H]1O[C@H](CNC(=O)[C@@H]2O[C@H](CNC(=O)[C@@H]3O[C@H](CNC(=O)[C@@H]4O[C@H](CN)[C@H]5OC6(CCCCC6)OC45)[C@H]4OC5(CCCCC5)OC34)[C@H]3OC4(CCCCC4)OC23)[C@H]2OC3(CCCCC3)OC12. The maximum atomic E-state index is 14.4. The van der Waals surface area contributed by atoms with Crippen molar-refractivity contribution in [3.63, 3.8) is 0 Å². The Balaban J connectivity index is 0.707. The van der Waals surface area contributed by atoms with Crippen LogP contribution in [-0.4, -0.2) is 177 Å². The van der Waals surface area contributed by atoms with Crippen LogP contribution in [0.2, 0.25) is 0 Å². The Morgan fingerprint density at radius 3 is 0.986 bits per heavy atom. The molecule has 12 aliphatic rings. The number of amides is 3. The van der Waals surface area contributed by atoms with Crippen molar-refractivity contribution in [2.24, 2.45) is 5.73 Å². The molecule has 0 bridgehead atoms. The van der Waals surface area contributed by atoms with Crippen LogP contribution in [0.3, 0.4) is 0 Å². The molecule has 3 amide bonds. The van der Waals surface area contributed by atoms with E-state index in [4.69, 9.17) is 67.3 Å². The molecule has 0 aromatic rings. The first-order valence-corrected chi connectivity index (χ1v) is 27.7. The zero-order chi connectivity index (χ0) is 49.4. The van der Waals surface area contributed by atoms with Crippen molar-refractivity contribution in [1.29, 1.82) is 0 Å². The number of carbonyl (C=O) groups excluding carboxylic acids is 4. The van der Waals surface area contributed by atoms with Crippen molar-refractivity contribution >= 4 is 23.7 Å². The second-order valence-corrected chi connectivity index (χ2v) is 22.9. The van der Waals surface area contributed by atoms with Gasteiger partial charge in [0.2, 0.25) is 0 Å². The van der Waals surface area contributed by atoms with Crippen molar-refractivity contribution in [2.45, 2.75) is 269 Å². The van der Waals surface area contributed by atoms with Crippen LogP contribution >= 0.6 is 0 Å². The van der Waals surface area contributed by atoms with Gasteiger partial charge < -0.3 is 83.3 Å². The fourth-order valence-corrected chi connectivity index (χ4v) is 14.1. The number of hydrogen-bond donors (Lipinski definition) is 4. The van der Waals surface area contributed by atoms with Gasteiger partial charge >= 0.3 is 5.97 Å². The summed E-state index contributed by atoms with van der Waals surface area (Å²) in [5, 5.41) is 9.10. The molecular formula is C51H76N4O17. The molecule has 8 aliphatic heterocycles. The lowest BCUT2D eigenvalue weighted by atomic mass is 9.94. The van der Waals surface area contributed by atoms with Crippen molar-refractivity contribution in [3.05, 3.63) is 0 Å². The van der Waals surface area contributed by atoms with Gasteiger partial charge in [-0.2, -0.15) is 0 Å². The predicted molar refractivity (Wildman–Crippen MR) is 246 cm³/mol. The van der Waals surface area contributed by atoms with Gasteiger partial charge in [0.25, 0.3) is 17.7 Å². The molecular weight excluding hydrogens is 941 g/mol. The van der Waals surface area contributed by atoms with E-state index in [2.05, 4.69) is 16.0 Å². The zero-order valence-corrected chi connectivity index (χ0v) is 41.8. The third kappa shape index (κ3) is 9.32. The van der Waals surface area contributed by atoms with Crippen molar-refractivity contribution in [2.75, 3.05) is 26.2 Å². The molecule has 8 saturated heterocycles. The van der Waals surface area contributed by atoms with Crippen molar-refractivity contribution < 1.29 is 80.8 Å². The normalized spacial score (nSPS) is 42.7. The molecule has 12 fully saturated rings. The van der Waals surface area contributed by atoms with E-state index in [1.807, 2.05) is 0 Å². The molecule has 5 N–H and O–H groups in total. The first-order valence-electron chi connectivity index (χ1n) is 27.7. The van der Waals surface area contributed by atoms with E-state index in [-0.39, 0.29) is 38.2 Å². The number of nitrogens with one attached hydrogen (secondary N) is 3. The summed E-state index contributed by atoms with van der Waals surface area (Å²) in [5.41, 5.74) is 6.10. The van der Waals surface area contributed by atoms with E-state index in [1.54, 1.807) is 13.8 Å². The van der Waals surface area contributed by atoms with E-state index in [1.165, 1.54) is 0 Å². The van der Waals surface area contributed by atoms with Crippen LogP contribution in [0.5, 0.6) is 0 Å². The van der Waals surface area contributed by atoms with Crippen LogP contribution in [0.25, 0.3) is 0 Å². The molecule has 0 radical (unpaired) electrons. The zero-order valence-electron chi connectivity index (χ0n) is 41.8. The lowest BCUT2D eigenvalue weighted by Crippen LogP contribution is -2.48. The Morgan fingerprint density at radius 2 is 0.681 bits per heavy atom. The molecule has 4 aliphatic carbocycles. The Bertz CT molecular complexity index is 2010. The number of rotatable bonds is 12. The Hall–Kier alpha value is -2.64. The molecule has 4 saturated carbocycles. The molecule has 0 aromatic carbocycles. The molecule has 402 valence electrons. The molecule has 12 rings (SSSR count). The second kappa shape index (κ2) is 20.1. The van der Waals surface area contributed by atoms with E-state index >= 15 is 0 Å². The van der Waals surface area contributed by atoms with Gasteiger partial charge in [0.1, 0.15) is 67.1 Å². The van der Waals surface area contributed by atoms with E-state index in [0.717, 1.165) is 103 Å². The van der Waals surface area contributed by atoms with Crippen LogP contribution in [-0.2, 0) is 80.8 Å². The summed E-state index contributed by atoms with van der Waals surface area (Å²) < 4.78 is 83.8. The molecule has 4 unspecified atom stereocenters. The topological polar surface area (TPSA) is 250 Å². The monoisotopic (exact) mass is 1020 g/mol. The maximum absolute atomic E-state index is 14.4. The van der Waals surface area contributed by atoms with Gasteiger partial charge in [0.15, 0.2) is 47.6 Å². The molecule has 72 heavy (non-hydrogen) atoms. The van der Waals surface area contributed by atoms with Gasteiger partial charge in [-0.05, 0) is 65.2 Å². The summed E-state index contributed by atoms with van der Waals surface area (Å²) in [7, 11) is 0. The summed E-state index contributed by atoms with van der Waals surface area (Å²) >= 11 is 0. The summed E-state index contributed by atoms with van der Waals surface area (Å²) in [6.07, 6.45) is 5.46. The van der Waals surface area contributed by atoms with E-state index in [0.29, 0.717) is 25.7 Å². The van der Waals surface area contributed by atoms with Gasteiger partial charge in [-0.3, -0.25) is 14.4 Å². The first kappa shape index (κ1) is 50.2. The number of nitrogens with two attached hydrogens (primary N) is 1. The number of esters is 1. The number of hydrogen-bond acceptors (Lipinski definition) is 18. The van der Waals surface area contributed by atoms with Gasteiger partial charge in [-0.25, -0.2) is 4.79 Å². The minimum absolute atomic E-state index is 0.0102. The Kier molecular flexibility index (Phi) is 14.0. The van der Waals surface area contributed by atoms with Gasteiger partial charge in [-0.15, -0.1) is 0 Å². The average Bonchev–Trinajstić information content (AvgIpc) is 4.27. The number of ether oxygens (including phenoxy) is 13. The fourth-order valence-electron chi connectivity index (χ4n) is 14.1. The quantitative estimate of drug-likeness (QED) is 0.204. The number of fused-ring (bicyclic) bond motifs is 4. The highest BCUT2D eigenvalue weighted by atomic mass is 16.8. The van der Waals surface area contributed by atoms with Gasteiger partial charge in [0, 0.05) is 77.5 Å². The second-order valence-electron chi connectivity index (χ2n) is 22.9. The van der Waals surface area contributed by atoms with E-state index < -0.39 is 139 Å². The van der Waals surface area contributed by atoms with Crippen molar-refractivity contribution in [1.82, 2.24) is 16.0 Å². The maximum Gasteiger partial charge on any atom is 0.338 e. The van der Waals surface area contributed by atoms with Gasteiger partial charge in [-0.1, -0.05) is 25.7 Å². The highest BCUT2D eigenvalue weighted by Gasteiger charge is 2.65. The highest BCUT2D eigenvalue weighted by Crippen LogP contribution is 2.50. The first-order chi connectivity index (χ1) is 34.9. The van der Waals surface area contributed by atoms with Crippen LogP contribution < -0.4 is 21.7 Å². The van der Waals surface area contributed by atoms with Gasteiger partial charge in [0.05, 0.1) is 12.2 Å². The largest absolute Gasteiger partial charge is 0.461 e. The number of carbonyl (C=O) groups is 4. The lowest BCUT2D eigenvalue weighted by Gasteiger charge is -2.34. The average molecular weight is 1020 g/mol. The summed E-state index contributed by atoms with van der Waals surface area (Å²) in [6, 6.07) is 0. The minimum atomic E-state index is -1.07. The third-order valence-electron chi connectivity index (χ3n) is 17.5. The predicted octanol–water partition coefficient (Wildman–Crippen LogP) is 2.09.